The van der Waals surface area contributed by atoms with Gasteiger partial charge in [-0.05, 0) is 44.3 Å². The lowest BCUT2D eigenvalue weighted by atomic mass is 10.2. The Hall–Kier alpha value is -1.49. The van der Waals surface area contributed by atoms with Crippen LogP contribution in [0.3, 0.4) is 0 Å². The molecule has 2 aromatic carbocycles. The van der Waals surface area contributed by atoms with Crippen LogP contribution in [0.15, 0.2) is 58.3 Å². The van der Waals surface area contributed by atoms with Crippen molar-refractivity contribution in [2.75, 3.05) is 38.1 Å². The van der Waals surface area contributed by atoms with E-state index in [1.54, 1.807) is 0 Å². The Morgan fingerprint density at radius 3 is 2.14 bits per heavy atom. The van der Waals surface area contributed by atoms with Gasteiger partial charge in [-0.2, -0.15) is 0 Å². The minimum atomic E-state index is 1.02. The molecule has 116 valence electrons. The molecule has 0 radical (unpaired) electrons. The number of likely N-dealkylation sites (N-methyl/N-ethyl adjacent to an activating group) is 1. The summed E-state index contributed by atoms with van der Waals surface area (Å²) >= 11 is 1.87. The molecule has 22 heavy (non-hydrogen) atoms. The van der Waals surface area contributed by atoms with Crippen molar-refractivity contribution < 1.29 is 0 Å². The molecule has 4 heteroatoms. The molecule has 0 amide bonds. The van der Waals surface area contributed by atoms with Gasteiger partial charge < -0.3 is 15.5 Å². The van der Waals surface area contributed by atoms with Gasteiger partial charge in [0.05, 0.1) is 11.4 Å². The van der Waals surface area contributed by atoms with Gasteiger partial charge in [0.1, 0.15) is 0 Å². The molecule has 0 fully saturated rings. The predicted molar refractivity (Wildman–Crippen MR) is 95.4 cm³/mol. The summed E-state index contributed by atoms with van der Waals surface area (Å²) in [5, 5.41) is 6.64. The van der Waals surface area contributed by atoms with Crippen LogP contribution < -0.4 is 15.5 Å². The second-order valence-corrected chi connectivity index (χ2v) is 6.48. The highest BCUT2D eigenvalue weighted by Gasteiger charge is 2.21. The van der Waals surface area contributed by atoms with Gasteiger partial charge in [-0.3, -0.25) is 0 Å². The first-order valence-corrected chi connectivity index (χ1v) is 8.70. The average molecular weight is 313 g/mol. The van der Waals surface area contributed by atoms with Crippen LogP contribution in [0.2, 0.25) is 0 Å². The minimum Gasteiger partial charge on any atom is -0.340 e. The smallest absolute Gasteiger partial charge is 0.0552 e. The second-order valence-electron chi connectivity index (χ2n) is 5.40. The van der Waals surface area contributed by atoms with E-state index in [0.29, 0.717) is 0 Å². The van der Waals surface area contributed by atoms with Crippen molar-refractivity contribution in [3.63, 3.8) is 0 Å². The van der Waals surface area contributed by atoms with Crippen LogP contribution in [0.1, 0.15) is 6.42 Å². The van der Waals surface area contributed by atoms with Crippen molar-refractivity contribution >= 4 is 23.1 Å². The summed E-state index contributed by atoms with van der Waals surface area (Å²) in [5.41, 5.74) is 2.67. The molecule has 3 rings (SSSR count). The third-order valence-electron chi connectivity index (χ3n) is 3.82. The lowest BCUT2D eigenvalue weighted by Gasteiger charge is -2.32. The van der Waals surface area contributed by atoms with E-state index in [1.807, 2.05) is 18.8 Å². The molecule has 2 N–H and O–H groups in total. The largest absolute Gasteiger partial charge is 0.340 e. The van der Waals surface area contributed by atoms with E-state index in [2.05, 4.69) is 64.1 Å². The van der Waals surface area contributed by atoms with E-state index in [0.717, 1.165) is 32.6 Å². The van der Waals surface area contributed by atoms with Crippen LogP contribution in [0.25, 0.3) is 0 Å². The average Bonchev–Trinajstić information content (AvgIpc) is 2.57. The molecular formula is C18H23N3S. The van der Waals surface area contributed by atoms with E-state index in [4.69, 9.17) is 0 Å². The second kappa shape index (κ2) is 7.68. The topological polar surface area (TPSA) is 27.3 Å². The van der Waals surface area contributed by atoms with Crippen LogP contribution in [-0.2, 0) is 0 Å². The Bertz CT molecular complexity index is 569. The van der Waals surface area contributed by atoms with Crippen molar-refractivity contribution in [1.82, 2.24) is 10.6 Å². The van der Waals surface area contributed by atoms with Crippen LogP contribution in [-0.4, -0.2) is 33.2 Å². The maximum absolute atomic E-state index is 3.48. The SMILES string of the molecule is CNCCNCCCN1c2ccccc2Sc2ccccc21. The predicted octanol–water partition coefficient (Wildman–Crippen LogP) is 3.49. The summed E-state index contributed by atoms with van der Waals surface area (Å²) in [6.45, 7) is 4.14. The molecule has 0 saturated heterocycles. The summed E-state index contributed by atoms with van der Waals surface area (Å²) in [6.07, 6.45) is 1.14. The Labute approximate surface area is 137 Å². The molecule has 0 aliphatic carbocycles. The molecule has 1 aliphatic rings. The molecule has 0 spiro atoms. The fraction of sp³-hybridized carbons (Fsp3) is 0.333. The molecule has 0 unspecified atom stereocenters. The van der Waals surface area contributed by atoms with Gasteiger partial charge in [-0.15, -0.1) is 0 Å². The van der Waals surface area contributed by atoms with E-state index < -0.39 is 0 Å². The molecule has 1 heterocycles. The van der Waals surface area contributed by atoms with Crippen molar-refractivity contribution in [3.05, 3.63) is 48.5 Å². The van der Waals surface area contributed by atoms with Gasteiger partial charge in [0.2, 0.25) is 0 Å². The van der Waals surface area contributed by atoms with E-state index in [1.165, 1.54) is 21.2 Å². The minimum absolute atomic E-state index is 1.02. The number of nitrogens with zero attached hydrogens (tertiary/aromatic N) is 1. The first kappa shape index (κ1) is 15.4. The Balaban J connectivity index is 1.70. The highest BCUT2D eigenvalue weighted by atomic mass is 32.2. The van der Waals surface area contributed by atoms with Gasteiger partial charge >= 0.3 is 0 Å². The number of fused-ring (bicyclic) bond motifs is 2. The quantitative estimate of drug-likeness (QED) is 0.765. The zero-order valence-corrected chi connectivity index (χ0v) is 13.8. The third-order valence-corrected chi connectivity index (χ3v) is 4.95. The molecule has 0 aromatic heterocycles. The standard InChI is InChI=1S/C18H23N3S/c1-19-12-13-20-11-6-14-21-15-7-2-4-9-17(15)22-18-10-5-3-8-16(18)21/h2-5,7-10,19-20H,6,11-14H2,1H3. The Morgan fingerprint density at radius 1 is 0.864 bits per heavy atom. The first-order chi connectivity index (χ1) is 10.9. The summed E-state index contributed by atoms with van der Waals surface area (Å²) in [7, 11) is 1.99. The first-order valence-electron chi connectivity index (χ1n) is 7.89. The summed E-state index contributed by atoms with van der Waals surface area (Å²) in [5.74, 6) is 0. The van der Waals surface area contributed by atoms with Crippen LogP contribution in [0.4, 0.5) is 11.4 Å². The third kappa shape index (κ3) is 3.46. The van der Waals surface area contributed by atoms with E-state index in [-0.39, 0.29) is 0 Å². The number of nitrogens with one attached hydrogen (secondary N) is 2. The van der Waals surface area contributed by atoms with Gasteiger partial charge in [-0.25, -0.2) is 0 Å². The number of hydrogen-bond donors (Lipinski definition) is 2. The van der Waals surface area contributed by atoms with Crippen molar-refractivity contribution in [2.24, 2.45) is 0 Å². The highest BCUT2D eigenvalue weighted by Crippen LogP contribution is 2.47. The van der Waals surface area contributed by atoms with Crippen LogP contribution in [0.5, 0.6) is 0 Å². The van der Waals surface area contributed by atoms with Gasteiger partial charge in [0.15, 0.2) is 0 Å². The number of benzene rings is 2. The number of para-hydroxylation sites is 2. The Kier molecular flexibility index (Phi) is 5.38. The lowest BCUT2D eigenvalue weighted by Crippen LogP contribution is -2.29. The zero-order valence-electron chi connectivity index (χ0n) is 13.0. The van der Waals surface area contributed by atoms with Gasteiger partial charge in [0.25, 0.3) is 0 Å². The maximum Gasteiger partial charge on any atom is 0.0552 e. The normalized spacial score (nSPS) is 12.9. The Morgan fingerprint density at radius 2 is 1.50 bits per heavy atom. The summed E-state index contributed by atoms with van der Waals surface area (Å²) in [6, 6.07) is 17.4. The molecule has 0 atom stereocenters. The van der Waals surface area contributed by atoms with Crippen LogP contribution >= 0.6 is 11.8 Å². The van der Waals surface area contributed by atoms with E-state index >= 15 is 0 Å². The molecule has 2 aromatic rings. The fourth-order valence-electron chi connectivity index (χ4n) is 2.72. The summed E-state index contributed by atoms with van der Waals surface area (Å²) < 4.78 is 0. The lowest BCUT2D eigenvalue weighted by molar-refractivity contribution is 0.625. The molecular weight excluding hydrogens is 290 g/mol. The number of hydrogen-bond acceptors (Lipinski definition) is 4. The maximum atomic E-state index is 3.48. The van der Waals surface area contributed by atoms with Crippen LogP contribution in [0, 0.1) is 0 Å². The molecule has 3 nitrogen and oxygen atoms in total. The summed E-state index contributed by atoms with van der Waals surface area (Å²) in [4.78, 5) is 5.16. The van der Waals surface area contributed by atoms with E-state index in [9.17, 15) is 0 Å². The molecule has 1 aliphatic heterocycles. The van der Waals surface area contributed by atoms with Gasteiger partial charge in [0, 0.05) is 29.4 Å². The van der Waals surface area contributed by atoms with Gasteiger partial charge in [-0.1, -0.05) is 36.0 Å². The van der Waals surface area contributed by atoms with Crippen molar-refractivity contribution in [1.29, 1.82) is 0 Å². The monoisotopic (exact) mass is 313 g/mol. The highest BCUT2D eigenvalue weighted by molar-refractivity contribution is 7.99. The number of rotatable bonds is 7. The van der Waals surface area contributed by atoms with Crippen molar-refractivity contribution in [2.45, 2.75) is 16.2 Å². The zero-order chi connectivity index (χ0) is 15.2. The fourth-order valence-corrected chi connectivity index (χ4v) is 3.82. The van der Waals surface area contributed by atoms with Crippen molar-refractivity contribution in [3.8, 4) is 0 Å². The number of anilines is 2. The molecule has 0 bridgehead atoms. The molecule has 0 saturated carbocycles.